The predicted octanol–water partition coefficient (Wildman–Crippen LogP) is 3.21. The summed E-state index contributed by atoms with van der Waals surface area (Å²) in [6.45, 7) is 6.21. The fourth-order valence-corrected chi connectivity index (χ4v) is 2.86. The predicted molar refractivity (Wildman–Crippen MR) is 68.9 cm³/mol. The number of thiophene rings is 1. The van der Waals surface area contributed by atoms with Crippen LogP contribution in [-0.2, 0) is 0 Å². The molecule has 1 atom stereocenters. The zero-order chi connectivity index (χ0) is 11.4. The minimum absolute atomic E-state index is 0.0336. The van der Waals surface area contributed by atoms with Gasteiger partial charge in [-0.25, -0.2) is 0 Å². The number of amides is 1. The van der Waals surface area contributed by atoms with Crippen LogP contribution in [0, 0.1) is 12.8 Å². The Morgan fingerprint density at radius 1 is 1.53 bits per heavy atom. The summed E-state index contributed by atoms with van der Waals surface area (Å²) in [4.78, 5) is 13.8. The van der Waals surface area contributed by atoms with Gasteiger partial charge in [0.1, 0.15) is 0 Å². The zero-order valence-electron chi connectivity index (χ0n) is 9.21. The van der Waals surface area contributed by atoms with Crippen LogP contribution >= 0.6 is 27.3 Å². The Morgan fingerprint density at radius 3 is 2.60 bits per heavy atom. The molecule has 1 rings (SSSR count). The van der Waals surface area contributed by atoms with E-state index in [9.17, 15) is 4.79 Å². The minimum atomic E-state index is 0.0336. The number of carbonyl (C=O) groups is 1. The van der Waals surface area contributed by atoms with Gasteiger partial charge in [-0.1, -0.05) is 29.8 Å². The van der Waals surface area contributed by atoms with E-state index in [1.54, 1.807) is 0 Å². The second-order valence-electron chi connectivity index (χ2n) is 3.89. The molecule has 0 aliphatic carbocycles. The van der Waals surface area contributed by atoms with Crippen molar-refractivity contribution in [2.24, 2.45) is 5.92 Å². The van der Waals surface area contributed by atoms with Crippen molar-refractivity contribution in [2.75, 3.05) is 5.33 Å². The molecule has 0 bridgehead atoms. The molecule has 1 N–H and O–H groups in total. The highest BCUT2D eigenvalue weighted by molar-refractivity contribution is 9.09. The highest BCUT2D eigenvalue weighted by Gasteiger charge is 2.16. The van der Waals surface area contributed by atoms with Gasteiger partial charge in [-0.15, -0.1) is 11.3 Å². The fourth-order valence-electron chi connectivity index (χ4n) is 1.18. The number of aryl methyl sites for hydroxylation is 1. The van der Waals surface area contributed by atoms with Crippen LogP contribution in [0.1, 0.15) is 28.4 Å². The molecule has 84 valence electrons. The Morgan fingerprint density at radius 2 is 2.20 bits per heavy atom. The van der Waals surface area contributed by atoms with Crippen LogP contribution in [0.5, 0.6) is 0 Å². The van der Waals surface area contributed by atoms with E-state index in [-0.39, 0.29) is 11.9 Å². The first-order valence-electron chi connectivity index (χ1n) is 4.98. The molecule has 0 saturated heterocycles. The van der Waals surface area contributed by atoms with Crippen molar-refractivity contribution in [3.8, 4) is 0 Å². The molecule has 0 aromatic carbocycles. The molecule has 2 nitrogen and oxygen atoms in total. The normalized spacial score (nSPS) is 12.9. The summed E-state index contributed by atoms with van der Waals surface area (Å²) in [5.41, 5.74) is 0. The summed E-state index contributed by atoms with van der Waals surface area (Å²) >= 11 is 4.94. The van der Waals surface area contributed by atoms with Crippen molar-refractivity contribution in [1.82, 2.24) is 5.32 Å². The van der Waals surface area contributed by atoms with Crippen LogP contribution in [0.2, 0.25) is 0 Å². The highest BCUT2D eigenvalue weighted by Crippen LogP contribution is 2.15. The number of nitrogens with one attached hydrogen (secondary N) is 1. The topological polar surface area (TPSA) is 29.1 Å². The van der Waals surface area contributed by atoms with Crippen molar-refractivity contribution < 1.29 is 4.79 Å². The van der Waals surface area contributed by atoms with E-state index in [1.165, 1.54) is 16.2 Å². The number of rotatable bonds is 4. The molecule has 0 aliphatic rings. The molecule has 0 radical (unpaired) electrons. The summed E-state index contributed by atoms with van der Waals surface area (Å²) in [7, 11) is 0. The van der Waals surface area contributed by atoms with Crippen LogP contribution in [0.15, 0.2) is 12.1 Å². The first-order chi connectivity index (χ1) is 7.04. The monoisotopic (exact) mass is 289 g/mol. The minimum Gasteiger partial charge on any atom is -0.348 e. The highest BCUT2D eigenvalue weighted by atomic mass is 79.9. The van der Waals surface area contributed by atoms with Gasteiger partial charge in [0.15, 0.2) is 0 Å². The third kappa shape index (κ3) is 3.61. The lowest BCUT2D eigenvalue weighted by molar-refractivity contribution is 0.0936. The molecule has 0 fully saturated rings. The van der Waals surface area contributed by atoms with Crippen molar-refractivity contribution in [1.29, 1.82) is 0 Å². The van der Waals surface area contributed by atoms with E-state index in [0.29, 0.717) is 5.92 Å². The van der Waals surface area contributed by atoms with Gasteiger partial charge in [-0.05, 0) is 25.0 Å². The molecular formula is C11H16BrNOS. The average Bonchev–Trinajstić information content (AvgIpc) is 2.60. The molecular weight excluding hydrogens is 274 g/mol. The van der Waals surface area contributed by atoms with E-state index < -0.39 is 0 Å². The van der Waals surface area contributed by atoms with E-state index in [4.69, 9.17) is 0 Å². The smallest absolute Gasteiger partial charge is 0.261 e. The largest absolute Gasteiger partial charge is 0.348 e. The van der Waals surface area contributed by atoms with Gasteiger partial charge in [0.2, 0.25) is 0 Å². The summed E-state index contributed by atoms with van der Waals surface area (Å²) < 4.78 is 0. The molecule has 15 heavy (non-hydrogen) atoms. The fraction of sp³-hybridized carbons (Fsp3) is 0.545. The Labute approximate surface area is 103 Å². The van der Waals surface area contributed by atoms with Crippen molar-refractivity contribution in [3.05, 3.63) is 21.9 Å². The molecule has 1 aromatic rings. The maximum absolute atomic E-state index is 11.8. The lowest BCUT2D eigenvalue weighted by Gasteiger charge is -2.19. The van der Waals surface area contributed by atoms with E-state index in [1.807, 2.05) is 19.1 Å². The van der Waals surface area contributed by atoms with Gasteiger partial charge in [0.25, 0.3) is 5.91 Å². The molecule has 1 amide bonds. The number of halogens is 1. The van der Waals surface area contributed by atoms with E-state index in [0.717, 1.165) is 10.2 Å². The van der Waals surface area contributed by atoms with Crippen molar-refractivity contribution in [2.45, 2.75) is 26.8 Å². The van der Waals surface area contributed by atoms with Gasteiger partial charge in [-0.2, -0.15) is 0 Å². The van der Waals surface area contributed by atoms with Gasteiger partial charge in [-0.3, -0.25) is 4.79 Å². The molecule has 1 heterocycles. The van der Waals surface area contributed by atoms with E-state index >= 15 is 0 Å². The van der Waals surface area contributed by atoms with Crippen molar-refractivity contribution in [3.63, 3.8) is 0 Å². The molecule has 0 aliphatic heterocycles. The third-order valence-electron chi connectivity index (χ3n) is 2.25. The first-order valence-corrected chi connectivity index (χ1v) is 6.91. The van der Waals surface area contributed by atoms with Gasteiger partial charge in [0.05, 0.1) is 4.88 Å². The number of alkyl halides is 1. The second kappa shape index (κ2) is 5.66. The number of carbonyl (C=O) groups excluding carboxylic acids is 1. The lowest BCUT2D eigenvalue weighted by Crippen LogP contribution is -2.39. The van der Waals surface area contributed by atoms with Gasteiger partial charge in [0, 0.05) is 16.2 Å². The van der Waals surface area contributed by atoms with Gasteiger partial charge < -0.3 is 5.32 Å². The Hall–Kier alpha value is -0.350. The maximum Gasteiger partial charge on any atom is 0.261 e. The number of hydrogen-bond acceptors (Lipinski definition) is 2. The Bertz CT molecular complexity index is 335. The third-order valence-corrected chi connectivity index (χ3v) is 3.95. The Kier molecular flexibility index (Phi) is 4.80. The van der Waals surface area contributed by atoms with E-state index in [2.05, 4.69) is 35.1 Å². The molecule has 0 spiro atoms. The summed E-state index contributed by atoms with van der Waals surface area (Å²) in [5.74, 6) is 0.473. The summed E-state index contributed by atoms with van der Waals surface area (Å²) in [5, 5.41) is 3.81. The summed E-state index contributed by atoms with van der Waals surface area (Å²) in [6.07, 6.45) is 0. The van der Waals surface area contributed by atoms with Crippen LogP contribution in [0.3, 0.4) is 0 Å². The molecule has 1 unspecified atom stereocenters. The molecule has 4 heteroatoms. The average molecular weight is 290 g/mol. The second-order valence-corrected chi connectivity index (χ2v) is 5.82. The van der Waals surface area contributed by atoms with Crippen LogP contribution < -0.4 is 5.32 Å². The Balaban J connectivity index is 2.62. The van der Waals surface area contributed by atoms with Crippen LogP contribution in [-0.4, -0.2) is 17.3 Å². The maximum atomic E-state index is 11.8. The van der Waals surface area contributed by atoms with Crippen molar-refractivity contribution >= 4 is 33.2 Å². The van der Waals surface area contributed by atoms with Crippen LogP contribution in [0.4, 0.5) is 0 Å². The lowest BCUT2D eigenvalue weighted by atomic mass is 10.1. The SMILES string of the molecule is Cc1ccc(C(=O)NC(CBr)C(C)C)s1. The first kappa shape index (κ1) is 12.7. The summed E-state index contributed by atoms with van der Waals surface area (Å²) in [6, 6.07) is 4.04. The quantitative estimate of drug-likeness (QED) is 0.848. The molecule has 1 aromatic heterocycles. The number of hydrogen-bond donors (Lipinski definition) is 1. The van der Waals surface area contributed by atoms with Crippen LogP contribution in [0.25, 0.3) is 0 Å². The standard InChI is InChI=1S/C11H16BrNOS/c1-7(2)9(6-12)13-11(14)10-5-4-8(3)15-10/h4-5,7,9H,6H2,1-3H3,(H,13,14). The molecule has 0 saturated carbocycles. The van der Waals surface area contributed by atoms with Gasteiger partial charge >= 0.3 is 0 Å². The zero-order valence-corrected chi connectivity index (χ0v) is 11.6.